The third-order valence-electron chi connectivity index (χ3n) is 3.97. The normalized spacial score (nSPS) is 10.7. The Bertz CT molecular complexity index is 868. The van der Waals surface area contributed by atoms with E-state index in [1.165, 1.54) is 0 Å². The van der Waals surface area contributed by atoms with E-state index in [4.69, 9.17) is 4.74 Å². The van der Waals surface area contributed by atoms with E-state index in [1.54, 1.807) is 39.8 Å². The minimum atomic E-state index is -0.143. The molecule has 0 N–H and O–H groups in total. The van der Waals surface area contributed by atoms with Crippen LogP contribution in [0.3, 0.4) is 0 Å². The number of hydrogen-bond acceptors (Lipinski definition) is 4. The van der Waals surface area contributed by atoms with Gasteiger partial charge in [-0.25, -0.2) is 4.68 Å². The molecule has 0 aliphatic carbocycles. The lowest BCUT2D eigenvalue weighted by Gasteiger charge is -2.15. The number of amides is 1. The summed E-state index contributed by atoms with van der Waals surface area (Å²) >= 11 is 0. The van der Waals surface area contributed by atoms with E-state index in [-0.39, 0.29) is 12.6 Å². The number of rotatable bonds is 6. The molecule has 7 heteroatoms. The molecule has 0 aliphatic heterocycles. The van der Waals surface area contributed by atoms with E-state index in [1.807, 2.05) is 44.3 Å². The Morgan fingerprint density at radius 2 is 2.04 bits per heavy atom. The summed E-state index contributed by atoms with van der Waals surface area (Å²) in [5.41, 5.74) is 2.40. The molecule has 0 unspecified atom stereocenters. The molecule has 3 aromatic rings. The van der Waals surface area contributed by atoms with Crippen LogP contribution in [0.25, 0.3) is 0 Å². The molecule has 2 heterocycles. The fraction of sp³-hybridized carbons (Fsp3) is 0.278. The van der Waals surface area contributed by atoms with Gasteiger partial charge < -0.3 is 9.64 Å². The summed E-state index contributed by atoms with van der Waals surface area (Å²) in [6.07, 6.45) is 3.45. The number of carbonyl (C=O) groups excluding carboxylic acids is 1. The van der Waals surface area contributed by atoms with Crippen LogP contribution in [0, 0.1) is 6.92 Å². The third kappa shape index (κ3) is 3.88. The van der Waals surface area contributed by atoms with Crippen molar-refractivity contribution in [1.29, 1.82) is 0 Å². The van der Waals surface area contributed by atoms with Crippen molar-refractivity contribution in [2.45, 2.75) is 20.2 Å². The highest BCUT2D eigenvalue weighted by Gasteiger charge is 2.16. The van der Waals surface area contributed by atoms with Gasteiger partial charge in [0.05, 0.1) is 12.2 Å². The second-order valence-corrected chi connectivity index (χ2v) is 5.89. The van der Waals surface area contributed by atoms with Crippen LogP contribution >= 0.6 is 0 Å². The summed E-state index contributed by atoms with van der Waals surface area (Å²) in [5, 5.41) is 8.41. The maximum atomic E-state index is 12.5. The summed E-state index contributed by atoms with van der Waals surface area (Å²) in [6.45, 7) is 2.71. The zero-order valence-electron chi connectivity index (χ0n) is 14.6. The van der Waals surface area contributed by atoms with Gasteiger partial charge >= 0.3 is 0 Å². The molecule has 0 aliphatic rings. The Hall–Kier alpha value is -3.09. The summed E-state index contributed by atoms with van der Waals surface area (Å²) < 4.78 is 9.10. The average molecular weight is 339 g/mol. The van der Waals surface area contributed by atoms with E-state index in [0.29, 0.717) is 12.2 Å². The lowest BCUT2D eigenvalue weighted by Crippen LogP contribution is -2.27. The number of ether oxygens (including phenoxy) is 1. The van der Waals surface area contributed by atoms with Gasteiger partial charge in [-0.1, -0.05) is 18.2 Å². The van der Waals surface area contributed by atoms with Crippen LogP contribution in [0.2, 0.25) is 0 Å². The van der Waals surface area contributed by atoms with E-state index < -0.39 is 0 Å². The summed E-state index contributed by atoms with van der Waals surface area (Å²) in [6, 6.07) is 11.4. The van der Waals surface area contributed by atoms with Gasteiger partial charge in [0.2, 0.25) is 0 Å². The van der Waals surface area contributed by atoms with Crippen molar-refractivity contribution in [3.63, 3.8) is 0 Å². The highest BCUT2D eigenvalue weighted by Crippen LogP contribution is 2.16. The van der Waals surface area contributed by atoms with Crippen LogP contribution in [0.5, 0.6) is 5.75 Å². The third-order valence-corrected chi connectivity index (χ3v) is 3.97. The standard InChI is InChI=1S/C18H21N5O2/c1-14-6-4-5-7-17(14)25-13-23-11-9-16(20-23)18(24)21(2)12-15-8-10-19-22(15)3/h4-11H,12-13H2,1-3H3. The largest absolute Gasteiger partial charge is 0.471 e. The SMILES string of the molecule is Cc1ccccc1OCn1ccc(C(=O)N(C)Cc2ccnn2C)n1. The van der Waals surface area contributed by atoms with Gasteiger partial charge in [-0.2, -0.15) is 10.2 Å². The van der Waals surface area contributed by atoms with Crippen molar-refractivity contribution >= 4 is 5.91 Å². The topological polar surface area (TPSA) is 65.2 Å². The van der Waals surface area contributed by atoms with Crippen LogP contribution in [0.4, 0.5) is 0 Å². The number of benzene rings is 1. The monoisotopic (exact) mass is 339 g/mol. The maximum Gasteiger partial charge on any atom is 0.274 e. The molecule has 0 spiro atoms. The van der Waals surface area contributed by atoms with E-state index >= 15 is 0 Å². The lowest BCUT2D eigenvalue weighted by atomic mass is 10.2. The molecule has 1 amide bonds. The minimum Gasteiger partial charge on any atom is -0.471 e. The number of hydrogen-bond donors (Lipinski definition) is 0. The molecule has 0 radical (unpaired) electrons. The summed E-state index contributed by atoms with van der Waals surface area (Å²) in [5.74, 6) is 0.662. The van der Waals surface area contributed by atoms with Crippen molar-refractivity contribution in [3.05, 3.63) is 65.7 Å². The quantitative estimate of drug-likeness (QED) is 0.691. The van der Waals surface area contributed by atoms with Crippen molar-refractivity contribution < 1.29 is 9.53 Å². The molecule has 0 saturated carbocycles. The number of aryl methyl sites for hydroxylation is 2. The van der Waals surface area contributed by atoms with Gasteiger partial charge in [0.25, 0.3) is 5.91 Å². The van der Waals surface area contributed by atoms with Crippen LogP contribution < -0.4 is 4.74 Å². The fourth-order valence-corrected chi connectivity index (χ4v) is 2.47. The molecule has 0 fully saturated rings. The molecule has 7 nitrogen and oxygen atoms in total. The molecule has 0 saturated heterocycles. The maximum absolute atomic E-state index is 12.5. The minimum absolute atomic E-state index is 0.143. The number of para-hydroxylation sites is 1. The van der Waals surface area contributed by atoms with Gasteiger partial charge in [0.15, 0.2) is 12.4 Å². The van der Waals surface area contributed by atoms with E-state index in [0.717, 1.165) is 17.0 Å². The number of nitrogens with zero attached hydrogens (tertiary/aromatic N) is 5. The number of aromatic nitrogens is 4. The van der Waals surface area contributed by atoms with E-state index in [9.17, 15) is 4.79 Å². The average Bonchev–Trinajstić information content (AvgIpc) is 3.23. The molecule has 0 bridgehead atoms. The summed E-state index contributed by atoms with van der Waals surface area (Å²) in [4.78, 5) is 14.1. The number of carbonyl (C=O) groups is 1. The molecule has 0 atom stereocenters. The molecule has 3 rings (SSSR count). The molecular weight excluding hydrogens is 318 g/mol. The first-order valence-corrected chi connectivity index (χ1v) is 7.99. The van der Waals surface area contributed by atoms with Gasteiger partial charge in [0.1, 0.15) is 5.75 Å². The van der Waals surface area contributed by atoms with Gasteiger partial charge in [-0.05, 0) is 30.7 Å². The molecule has 130 valence electrons. The molecule has 25 heavy (non-hydrogen) atoms. The first kappa shape index (κ1) is 16.8. The Balaban J connectivity index is 1.61. The molecular formula is C18H21N5O2. The fourth-order valence-electron chi connectivity index (χ4n) is 2.47. The van der Waals surface area contributed by atoms with Crippen LogP contribution in [0.15, 0.2) is 48.8 Å². The zero-order chi connectivity index (χ0) is 17.8. The highest BCUT2D eigenvalue weighted by atomic mass is 16.5. The van der Waals surface area contributed by atoms with Crippen LogP contribution in [0.1, 0.15) is 21.7 Å². The van der Waals surface area contributed by atoms with Crippen molar-refractivity contribution in [2.75, 3.05) is 7.05 Å². The second-order valence-electron chi connectivity index (χ2n) is 5.89. The molecule has 2 aromatic heterocycles. The zero-order valence-corrected chi connectivity index (χ0v) is 14.6. The Labute approximate surface area is 146 Å². The Morgan fingerprint density at radius 1 is 1.24 bits per heavy atom. The lowest BCUT2D eigenvalue weighted by molar-refractivity contribution is 0.0774. The van der Waals surface area contributed by atoms with Crippen molar-refractivity contribution in [3.8, 4) is 5.75 Å². The highest BCUT2D eigenvalue weighted by molar-refractivity contribution is 5.91. The Morgan fingerprint density at radius 3 is 2.76 bits per heavy atom. The first-order valence-electron chi connectivity index (χ1n) is 7.99. The van der Waals surface area contributed by atoms with E-state index in [2.05, 4.69) is 10.2 Å². The van der Waals surface area contributed by atoms with Crippen molar-refractivity contribution in [1.82, 2.24) is 24.5 Å². The van der Waals surface area contributed by atoms with Crippen molar-refractivity contribution in [2.24, 2.45) is 7.05 Å². The Kier molecular flexibility index (Phi) is 4.83. The van der Waals surface area contributed by atoms with Gasteiger partial charge in [-0.15, -0.1) is 0 Å². The van der Waals surface area contributed by atoms with Crippen LogP contribution in [-0.2, 0) is 20.3 Å². The van der Waals surface area contributed by atoms with Gasteiger partial charge in [0, 0.05) is 26.5 Å². The predicted molar refractivity (Wildman–Crippen MR) is 93.0 cm³/mol. The first-order chi connectivity index (χ1) is 12.0. The second kappa shape index (κ2) is 7.21. The van der Waals surface area contributed by atoms with Gasteiger partial charge in [-0.3, -0.25) is 9.48 Å². The predicted octanol–water partition coefficient (Wildman–Crippen LogP) is 2.23. The van der Waals surface area contributed by atoms with Crippen LogP contribution in [-0.4, -0.2) is 37.4 Å². The smallest absolute Gasteiger partial charge is 0.274 e. The molecule has 1 aromatic carbocycles. The summed E-state index contributed by atoms with van der Waals surface area (Å²) in [7, 11) is 3.60.